The Labute approximate surface area is 99.5 Å². The number of hydrogen-bond donors (Lipinski definition) is 1. The monoisotopic (exact) mass is 243 g/mol. The lowest BCUT2D eigenvalue weighted by Gasteiger charge is -2.09. The quantitative estimate of drug-likeness (QED) is 0.763. The second kappa shape index (κ2) is 6.68. The lowest BCUT2D eigenvalue weighted by molar-refractivity contribution is -0.127. The van der Waals surface area contributed by atoms with Crippen LogP contribution in [0.25, 0.3) is 0 Å². The Hall–Kier alpha value is -0.840. The number of carbonyl (C=O) groups is 3. The van der Waals surface area contributed by atoms with Crippen LogP contribution in [-0.4, -0.2) is 28.6 Å². The third-order valence-electron chi connectivity index (χ3n) is 2.43. The SMILES string of the molecule is CCCC(=O)CCC(=O)NC1CCSC1=O. The van der Waals surface area contributed by atoms with Crippen LogP contribution in [-0.2, 0) is 14.4 Å². The predicted octanol–water partition coefficient (Wildman–Crippen LogP) is 1.28. The molecule has 4 nitrogen and oxygen atoms in total. The zero-order valence-corrected chi connectivity index (χ0v) is 10.3. The lowest BCUT2D eigenvalue weighted by atomic mass is 10.1. The Morgan fingerprint density at radius 1 is 1.38 bits per heavy atom. The maximum atomic E-state index is 11.4. The van der Waals surface area contributed by atoms with Gasteiger partial charge < -0.3 is 5.32 Å². The largest absolute Gasteiger partial charge is 0.345 e. The summed E-state index contributed by atoms with van der Waals surface area (Å²) in [6.07, 6.45) is 2.54. The highest BCUT2D eigenvalue weighted by atomic mass is 32.2. The first-order valence-corrected chi connectivity index (χ1v) is 6.59. The topological polar surface area (TPSA) is 63.2 Å². The summed E-state index contributed by atoms with van der Waals surface area (Å²) in [5, 5.41) is 2.70. The van der Waals surface area contributed by atoms with E-state index in [-0.39, 0.29) is 35.7 Å². The van der Waals surface area contributed by atoms with Gasteiger partial charge in [0.2, 0.25) is 11.0 Å². The van der Waals surface area contributed by atoms with Crippen LogP contribution in [0.5, 0.6) is 0 Å². The molecular formula is C11H17NO3S. The van der Waals surface area contributed by atoms with Gasteiger partial charge in [-0.25, -0.2) is 0 Å². The summed E-state index contributed by atoms with van der Waals surface area (Å²) in [4.78, 5) is 33.9. The summed E-state index contributed by atoms with van der Waals surface area (Å²) in [5.74, 6) is 0.702. The molecule has 1 amide bonds. The van der Waals surface area contributed by atoms with Crippen molar-refractivity contribution in [2.24, 2.45) is 0 Å². The van der Waals surface area contributed by atoms with Crippen molar-refractivity contribution in [3.05, 3.63) is 0 Å². The minimum atomic E-state index is -0.334. The number of nitrogens with one attached hydrogen (secondary N) is 1. The first-order chi connectivity index (χ1) is 7.63. The van der Waals surface area contributed by atoms with Crippen LogP contribution in [0.1, 0.15) is 39.0 Å². The zero-order chi connectivity index (χ0) is 12.0. The van der Waals surface area contributed by atoms with Crippen LogP contribution in [0.15, 0.2) is 0 Å². The van der Waals surface area contributed by atoms with Gasteiger partial charge in [-0.15, -0.1) is 0 Å². The first-order valence-electron chi connectivity index (χ1n) is 5.61. The number of rotatable bonds is 6. The molecular weight excluding hydrogens is 226 g/mol. The Morgan fingerprint density at radius 3 is 2.69 bits per heavy atom. The maximum Gasteiger partial charge on any atom is 0.221 e. The van der Waals surface area contributed by atoms with Gasteiger partial charge >= 0.3 is 0 Å². The van der Waals surface area contributed by atoms with E-state index in [1.807, 2.05) is 6.92 Å². The van der Waals surface area contributed by atoms with E-state index in [4.69, 9.17) is 0 Å². The molecule has 1 atom stereocenters. The molecule has 1 heterocycles. The summed E-state index contributed by atoms with van der Waals surface area (Å²) < 4.78 is 0. The van der Waals surface area contributed by atoms with Crippen LogP contribution in [0.3, 0.4) is 0 Å². The number of carbonyl (C=O) groups excluding carboxylic acids is 3. The molecule has 90 valence electrons. The van der Waals surface area contributed by atoms with Gasteiger partial charge in [-0.05, 0) is 12.8 Å². The number of thioether (sulfide) groups is 1. The van der Waals surface area contributed by atoms with Crippen molar-refractivity contribution < 1.29 is 14.4 Å². The highest BCUT2D eigenvalue weighted by Gasteiger charge is 2.26. The molecule has 16 heavy (non-hydrogen) atoms. The van der Waals surface area contributed by atoms with E-state index in [9.17, 15) is 14.4 Å². The zero-order valence-electron chi connectivity index (χ0n) is 9.45. The van der Waals surface area contributed by atoms with Crippen molar-refractivity contribution in [2.75, 3.05) is 5.75 Å². The number of amides is 1. The third kappa shape index (κ3) is 4.35. The Balaban J connectivity index is 2.20. The van der Waals surface area contributed by atoms with E-state index < -0.39 is 0 Å². The fourth-order valence-corrected chi connectivity index (χ4v) is 2.48. The summed E-state index contributed by atoms with van der Waals surface area (Å²) in [7, 11) is 0. The molecule has 0 bridgehead atoms. The molecule has 1 saturated heterocycles. The average molecular weight is 243 g/mol. The minimum absolute atomic E-state index is 0.0354. The Kier molecular flexibility index (Phi) is 5.52. The number of ketones is 1. The molecule has 0 aromatic carbocycles. The summed E-state index contributed by atoms with van der Waals surface area (Å²) in [6, 6.07) is -0.334. The van der Waals surface area contributed by atoms with Gasteiger partial charge in [-0.3, -0.25) is 14.4 Å². The molecule has 0 aliphatic carbocycles. The number of hydrogen-bond acceptors (Lipinski definition) is 4. The second-order valence-electron chi connectivity index (χ2n) is 3.86. The predicted molar refractivity (Wildman–Crippen MR) is 63.2 cm³/mol. The van der Waals surface area contributed by atoms with Crippen molar-refractivity contribution in [1.82, 2.24) is 5.32 Å². The first kappa shape index (κ1) is 13.2. The van der Waals surface area contributed by atoms with Gasteiger partial charge in [-0.2, -0.15) is 0 Å². The molecule has 1 aliphatic rings. The Bertz CT molecular complexity index is 291. The molecule has 5 heteroatoms. The van der Waals surface area contributed by atoms with E-state index in [1.54, 1.807) is 0 Å². The molecule has 1 rings (SSSR count). The fraction of sp³-hybridized carbons (Fsp3) is 0.727. The maximum absolute atomic E-state index is 11.4. The van der Waals surface area contributed by atoms with Gasteiger partial charge in [0.15, 0.2) is 0 Å². The molecule has 0 aromatic rings. The fourth-order valence-electron chi connectivity index (χ4n) is 1.55. The van der Waals surface area contributed by atoms with E-state index in [0.29, 0.717) is 12.8 Å². The third-order valence-corrected chi connectivity index (χ3v) is 3.44. The molecule has 1 aliphatic heterocycles. The van der Waals surface area contributed by atoms with Crippen LogP contribution >= 0.6 is 11.8 Å². The molecule has 0 aromatic heterocycles. The van der Waals surface area contributed by atoms with Crippen molar-refractivity contribution >= 4 is 28.6 Å². The Morgan fingerprint density at radius 2 is 2.12 bits per heavy atom. The summed E-state index contributed by atoms with van der Waals surface area (Å²) in [6.45, 7) is 1.94. The highest BCUT2D eigenvalue weighted by molar-refractivity contribution is 8.14. The average Bonchev–Trinajstić information content (AvgIpc) is 2.62. The van der Waals surface area contributed by atoms with Gasteiger partial charge in [-0.1, -0.05) is 18.7 Å². The van der Waals surface area contributed by atoms with Gasteiger partial charge in [0.25, 0.3) is 0 Å². The summed E-state index contributed by atoms with van der Waals surface area (Å²) >= 11 is 1.26. The highest BCUT2D eigenvalue weighted by Crippen LogP contribution is 2.19. The summed E-state index contributed by atoms with van der Waals surface area (Å²) in [5.41, 5.74) is 0. The lowest BCUT2D eigenvalue weighted by Crippen LogP contribution is -2.37. The van der Waals surface area contributed by atoms with Gasteiger partial charge in [0.1, 0.15) is 5.78 Å². The standard InChI is InChI=1S/C11H17NO3S/c1-2-3-8(13)4-5-10(14)12-9-6-7-16-11(9)15/h9H,2-7H2,1H3,(H,12,14). The van der Waals surface area contributed by atoms with Crippen molar-refractivity contribution in [1.29, 1.82) is 0 Å². The van der Waals surface area contributed by atoms with Crippen LogP contribution < -0.4 is 5.32 Å². The van der Waals surface area contributed by atoms with Crippen LogP contribution in [0.4, 0.5) is 0 Å². The van der Waals surface area contributed by atoms with E-state index in [2.05, 4.69) is 5.32 Å². The smallest absolute Gasteiger partial charge is 0.221 e. The van der Waals surface area contributed by atoms with E-state index in [0.717, 1.165) is 12.2 Å². The number of Topliss-reactive ketones (excluding diaryl/α,β-unsaturated/α-hetero) is 1. The molecule has 1 N–H and O–H groups in total. The molecule has 1 fully saturated rings. The van der Waals surface area contributed by atoms with Crippen molar-refractivity contribution in [3.63, 3.8) is 0 Å². The molecule has 0 saturated carbocycles. The normalized spacial score (nSPS) is 19.8. The van der Waals surface area contributed by atoms with Gasteiger partial charge in [0, 0.05) is 25.0 Å². The van der Waals surface area contributed by atoms with Crippen molar-refractivity contribution in [2.45, 2.75) is 45.1 Å². The van der Waals surface area contributed by atoms with Crippen molar-refractivity contribution in [3.8, 4) is 0 Å². The van der Waals surface area contributed by atoms with Crippen LogP contribution in [0.2, 0.25) is 0 Å². The molecule has 0 radical (unpaired) electrons. The van der Waals surface area contributed by atoms with E-state index >= 15 is 0 Å². The van der Waals surface area contributed by atoms with Gasteiger partial charge in [0.05, 0.1) is 6.04 Å². The molecule has 0 spiro atoms. The minimum Gasteiger partial charge on any atom is -0.345 e. The second-order valence-corrected chi connectivity index (χ2v) is 4.96. The van der Waals surface area contributed by atoms with Crippen LogP contribution in [0, 0.1) is 0 Å². The van der Waals surface area contributed by atoms with E-state index in [1.165, 1.54) is 11.8 Å². The molecule has 1 unspecified atom stereocenters.